The highest BCUT2D eigenvalue weighted by Gasteiger charge is 2.15. The number of nitro groups is 1. The van der Waals surface area contributed by atoms with Gasteiger partial charge in [-0.1, -0.05) is 23.8 Å². The Morgan fingerprint density at radius 3 is 2.75 bits per heavy atom. The predicted molar refractivity (Wildman–Crippen MR) is 61.1 cm³/mol. The van der Waals surface area contributed by atoms with Crippen molar-refractivity contribution in [3.8, 4) is 11.3 Å². The first kappa shape index (κ1) is 10.3. The van der Waals surface area contributed by atoms with E-state index in [4.69, 9.17) is 0 Å². The van der Waals surface area contributed by atoms with E-state index in [1.807, 2.05) is 31.2 Å². The second-order valence-corrected chi connectivity index (χ2v) is 3.50. The van der Waals surface area contributed by atoms with Crippen molar-refractivity contribution in [3.05, 3.63) is 58.3 Å². The summed E-state index contributed by atoms with van der Waals surface area (Å²) in [6, 6.07) is 10.5. The second-order valence-electron chi connectivity index (χ2n) is 3.50. The molecule has 0 spiro atoms. The molecule has 0 atom stereocenters. The molecule has 0 aliphatic heterocycles. The normalized spacial score (nSPS) is 10.1. The minimum atomic E-state index is -0.412. The zero-order chi connectivity index (χ0) is 11.5. The van der Waals surface area contributed by atoms with Crippen molar-refractivity contribution >= 4 is 5.69 Å². The lowest BCUT2D eigenvalue weighted by atomic mass is 10.1. The van der Waals surface area contributed by atoms with Crippen LogP contribution in [0.2, 0.25) is 0 Å². The Kier molecular flexibility index (Phi) is 2.64. The zero-order valence-electron chi connectivity index (χ0n) is 8.75. The first-order valence-corrected chi connectivity index (χ1v) is 4.85. The molecule has 1 heterocycles. The van der Waals surface area contributed by atoms with Crippen molar-refractivity contribution in [1.29, 1.82) is 0 Å². The van der Waals surface area contributed by atoms with Gasteiger partial charge in [0, 0.05) is 17.8 Å². The molecule has 0 radical (unpaired) electrons. The number of rotatable bonds is 2. The lowest BCUT2D eigenvalue weighted by molar-refractivity contribution is -0.384. The summed E-state index contributed by atoms with van der Waals surface area (Å²) in [6.45, 7) is 1.94. The molecule has 0 saturated carbocycles. The van der Waals surface area contributed by atoms with E-state index in [0.717, 1.165) is 11.1 Å². The molecule has 4 heteroatoms. The van der Waals surface area contributed by atoms with E-state index < -0.39 is 4.92 Å². The maximum atomic E-state index is 10.8. The molecule has 2 aromatic rings. The van der Waals surface area contributed by atoms with Crippen molar-refractivity contribution in [3.63, 3.8) is 0 Å². The number of hydrogen-bond donors (Lipinski definition) is 0. The molecule has 0 aliphatic rings. The predicted octanol–water partition coefficient (Wildman–Crippen LogP) is 2.97. The highest BCUT2D eigenvalue weighted by molar-refractivity contribution is 5.69. The van der Waals surface area contributed by atoms with Crippen molar-refractivity contribution < 1.29 is 4.92 Å². The van der Waals surface area contributed by atoms with Crippen LogP contribution in [-0.4, -0.2) is 9.91 Å². The molecule has 0 saturated heterocycles. The molecule has 0 unspecified atom stereocenters. The molecular formula is C12H10N2O2. The average Bonchev–Trinajstić information content (AvgIpc) is 2.29. The summed E-state index contributed by atoms with van der Waals surface area (Å²) in [7, 11) is 0. The first-order valence-electron chi connectivity index (χ1n) is 4.85. The molecule has 80 valence electrons. The Morgan fingerprint density at radius 1 is 1.25 bits per heavy atom. The molecule has 4 nitrogen and oxygen atoms in total. The van der Waals surface area contributed by atoms with Crippen molar-refractivity contribution in [1.82, 2.24) is 4.98 Å². The van der Waals surface area contributed by atoms with Crippen molar-refractivity contribution in [2.45, 2.75) is 6.92 Å². The van der Waals surface area contributed by atoms with E-state index in [9.17, 15) is 10.1 Å². The minimum Gasteiger partial charge on any atom is -0.258 e. The number of aryl methyl sites for hydroxylation is 1. The topological polar surface area (TPSA) is 56.0 Å². The molecule has 0 fully saturated rings. The molecule has 0 amide bonds. The Hall–Kier alpha value is -2.23. The minimum absolute atomic E-state index is 0.0353. The summed E-state index contributed by atoms with van der Waals surface area (Å²) in [5.41, 5.74) is 2.27. The SMILES string of the molecule is Cc1cccc(-c2ncccc2[N+](=O)[O-])c1. The van der Waals surface area contributed by atoms with Gasteiger partial charge in [-0.15, -0.1) is 0 Å². The summed E-state index contributed by atoms with van der Waals surface area (Å²) in [6.07, 6.45) is 1.56. The lowest BCUT2D eigenvalue weighted by Gasteiger charge is -2.02. The fourth-order valence-corrected chi connectivity index (χ4v) is 1.56. The van der Waals surface area contributed by atoms with E-state index >= 15 is 0 Å². The number of pyridine rings is 1. The van der Waals surface area contributed by atoms with Crippen LogP contribution in [0.25, 0.3) is 11.3 Å². The third-order valence-corrected chi connectivity index (χ3v) is 2.27. The fraction of sp³-hybridized carbons (Fsp3) is 0.0833. The second kappa shape index (κ2) is 4.10. The maximum absolute atomic E-state index is 10.8. The van der Waals surface area contributed by atoms with E-state index in [-0.39, 0.29) is 5.69 Å². The maximum Gasteiger partial charge on any atom is 0.295 e. The molecular weight excluding hydrogens is 204 g/mol. The molecule has 1 aromatic heterocycles. The average molecular weight is 214 g/mol. The van der Waals surface area contributed by atoms with Crippen LogP contribution in [0, 0.1) is 17.0 Å². The van der Waals surface area contributed by atoms with Gasteiger partial charge in [-0.25, -0.2) is 4.98 Å². The molecule has 0 aliphatic carbocycles. The van der Waals surface area contributed by atoms with Gasteiger partial charge in [-0.05, 0) is 19.1 Å². The van der Waals surface area contributed by atoms with Crippen LogP contribution >= 0.6 is 0 Å². The van der Waals surface area contributed by atoms with Crippen LogP contribution in [0.4, 0.5) is 5.69 Å². The van der Waals surface area contributed by atoms with Gasteiger partial charge in [0.15, 0.2) is 0 Å². The number of nitrogens with zero attached hydrogens (tertiary/aromatic N) is 2. The van der Waals surface area contributed by atoms with Gasteiger partial charge < -0.3 is 0 Å². The highest BCUT2D eigenvalue weighted by Crippen LogP contribution is 2.27. The molecule has 16 heavy (non-hydrogen) atoms. The Labute approximate surface area is 92.7 Å². The van der Waals surface area contributed by atoms with E-state index in [1.165, 1.54) is 6.07 Å². The van der Waals surface area contributed by atoms with Crippen LogP contribution in [0.5, 0.6) is 0 Å². The van der Waals surface area contributed by atoms with Gasteiger partial charge in [0.1, 0.15) is 5.69 Å². The third-order valence-electron chi connectivity index (χ3n) is 2.27. The molecule has 0 N–H and O–H groups in total. The van der Waals surface area contributed by atoms with Gasteiger partial charge in [-0.3, -0.25) is 10.1 Å². The highest BCUT2D eigenvalue weighted by atomic mass is 16.6. The Balaban J connectivity index is 2.60. The molecule has 2 rings (SSSR count). The summed E-state index contributed by atoms with van der Waals surface area (Å²) in [4.78, 5) is 14.5. The Morgan fingerprint density at radius 2 is 2.06 bits per heavy atom. The van der Waals surface area contributed by atoms with Crippen molar-refractivity contribution in [2.75, 3.05) is 0 Å². The fourth-order valence-electron chi connectivity index (χ4n) is 1.56. The van der Waals surface area contributed by atoms with Crippen LogP contribution in [0.15, 0.2) is 42.6 Å². The van der Waals surface area contributed by atoms with E-state index in [2.05, 4.69) is 4.98 Å². The molecule has 0 bridgehead atoms. The van der Waals surface area contributed by atoms with Crippen LogP contribution in [-0.2, 0) is 0 Å². The van der Waals surface area contributed by atoms with Crippen molar-refractivity contribution in [2.24, 2.45) is 0 Å². The standard InChI is InChI=1S/C12H10N2O2/c1-9-4-2-5-10(8-9)12-11(14(15)16)6-3-7-13-12/h2-8H,1H3. The lowest BCUT2D eigenvalue weighted by Crippen LogP contribution is -1.94. The van der Waals surface area contributed by atoms with Gasteiger partial charge >= 0.3 is 0 Å². The van der Waals surface area contributed by atoms with E-state index in [1.54, 1.807) is 12.3 Å². The summed E-state index contributed by atoms with van der Waals surface area (Å²) >= 11 is 0. The monoisotopic (exact) mass is 214 g/mol. The quantitative estimate of drug-likeness (QED) is 0.570. The van der Waals surface area contributed by atoms with Crippen LogP contribution in [0.1, 0.15) is 5.56 Å². The van der Waals surface area contributed by atoms with Gasteiger partial charge in [0.05, 0.1) is 4.92 Å². The Bertz CT molecular complexity index is 538. The number of aromatic nitrogens is 1. The third kappa shape index (κ3) is 1.91. The number of benzene rings is 1. The summed E-state index contributed by atoms with van der Waals surface area (Å²) in [5.74, 6) is 0. The van der Waals surface area contributed by atoms with Crippen LogP contribution in [0.3, 0.4) is 0 Å². The summed E-state index contributed by atoms with van der Waals surface area (Å²) < 4.78 is 0. The first-order chi connectivity index (χ1) is 7.68. The largest absolute Gasteiger partial charge is 0.295 e. The van der Waals surface area contributed by atoms with Crippen LogP contribution < -0.4 is 0 Å². The van der Waals surface area contributed by atoms with E-state index in [0.29, 0.717) is 5.69 Å². The van der Waals surface area contributed by atoms with Gasteiger partial charge in [0.25, 0.3) is 5.69 Å². The van der Waals surface area contributed by atoms with Gasteiger partial charge in [0.2, 0.25) is 0 Å². The van der Waals surface area contributed by atoms with Gasteiger partial charge in [-0.2, -0.15) is 0 Å². The smallest absolute Gasteiger partial charge is 0.258 e. The summed E-state index contributed by atoms with van der Waals surface area (Å²) in [5, 5.41) is 10.8. The number of hydrogen-bond acceptors (Lipinski definition) is 3. The molecule has 1 aromatic carbocycles. The zero-order valence-corrected chi connectivity index (χ0v) is 8.75.